The maximum atomic E-state index is 10.8. The van der Waals surface area contributed by atoms with Gasteiger partial charge in [-0.3, -0.25) is 19.4 Å². The van der Waals surface area contributed by atoms with Crippen molar-refractivity contribution in [3.63, 3.8) is 0 Å². The van der Waals surface area contributed by atoms with Crippen LogP contribution in [0.3, 0.4) is 0 Å². The Kier molecular flexibility index (Phi) is 21.0. The average Bonchev–Trinajstić information content (AvgIpc) is 1.96. The van der Waals surface area contributed by atoms with Gasteiger partial charge in [-0.1, -0.05) is 0 Å². The molecule has 1 atom stereocenters. The van der Waals surface area contributed by atoms with E-state index in [2.05, 4.69) is 4.52 Å². The van der Waals surface area contributed by atoms with Crippen molar-refractivity contribution >= 4 is 97.3 Å². The molecule has 0 aromatic rings. The minimum absolute atomic E-state index is 0. The Labute approximate surface area is 168 Å². The van der Waals surface area contributed by atoms with Gasteiger partial charge in [-0.2, -0.15) is 0 Å². The first-order chi connectivity index (χ1) is 7.46. The van der Waals surface area contributed by atoms with Crippen LogP contribution >= 0.6 is 20.2 Å². The zero-order chi connectivity index (χ0) is 13.9. The fourth-order valence-electron chi connectivity index (χ4n) is 0.868. The van der Waals surface area contributed by atoms with Gasteiger partial charge in [0.1, 0.15) is 0 Å². The molecule has 0 aliphatic heterocycles. The van der Waals surface area contributed by atoms with Crippen molar-refractivity contribution in [1.29, 1.82) is 0 Å². The fraction of sp³-hybridized carbons (Fsp3) is 0.500. The van der Waals surface area contributed by atoms with Crippen molar-refractivity contribution < 1.29 is 54.1 Å². The van der Waals surface area contributed by atoms with Crippen molar-refractivity contribution in [2.24, 2.45) is 0 Å². The summed E-state index contributed by atoms with van der Waals surface area (Å²) in [6.07, 6.45) is -2.72. The molecule has 0 aliphatic rings. The normalized spacial score (nSPS) is 12.0. The summed E-state index contributed by atoms with van der Waals surface area (Å²) < 4.78 is 13.7. The molecule has 0 spiro atoms. The van der Waals surface area contributed by atoms with Crippen molar-refractivity contribution in [3.8, 4) is 0 Å². The van der Waals surface area contributed by atoms with Crippen molar-refractivity contribution in [1.82, 2.24) is 0 Å². The van der Waals surface area contributed by atoms with E-state index in [0.29, 0.717) is 0 Å². The molecule has 0 rings (SSSR count). The Balaban J connectivity index is -0.000000213. The fourth-order valence-corrected chi connectivity index (χ4v) is 1.20. The summed E-state index contributed by atoms with van der Waals surface area (Å²) in [7, 11) is -5.17. The second-order valence-corrected chi connectivity index (χ2v) is 4.20. The van der Waals surface area contributed by atoms with E-state index in [-0.39, 0.29) is 77.0 Å². The Hall–Kier alpha value is 0.770. The van der Waals surface area contributed by atoms with E-state index in [1.165, 1.54) is 0 Å². The van der Waals surface area contributed by atoms with Crippen LogP contribution in [0.1, 0.15) is 12.8 Å². The number of carboxylic acid groups (broad SMARTS) is 2. The summed E-state index contributed by atoms with van der Waals surface area (Å²) in [5.74, 6) is -5.47. The number of halogens is 1. The summed E-state index contributed by atoms with van der Waals surface area (Å²) >= 11 is 0. The molecule has 0 amide bonds. The zero-order valence-electron chi connectivity index (χ0n) is 9.05. The third kappa shape index (κ3) is 15.4. The van der Waals surface area contributed by atoms with Crippen LogP contribution < -0.4 is 0 Å². The third-order valence-electron chi connectivity index (χ3n) is 1.50. The van der Waals surface area contributed by atoms with Crippen LogP contribution in [0.4, 0.5) is 0 Å². The average molecular weight is 375 g/mol. The number of phosphoric acid groups is 1. The Bertz CT molecular complexity index is 398. The van der Waals surface area contributed by atoms with Crippen LogP contribution in [0, 0.1) is 0 Å². The van der Waals surface area contributed by atoms with Gasteiger partial charge in [0.25, 0.3) is 0 Å². The first-order valence-electron chi connectivity index (χ1n) is 3.92. The molecule has 0 heterocycles. The molecule has 0 saturated carbocycles. The summed E-state index contributed by atoms with van der Waals surface area (Å²) in [6, 6.07) is 0. The number of carbonyl (C=O) groups excluding carboxylic acids is 1. The molecule has 11 nitrogen and oxygen atoms in total. The van der Waals surface area contributed by atoms with E-state index in [1.54, 1.807) is 0 Å². The molecule has 0 fully saturated rings. The van der Waals surface area contributed by atoms with Gasteiger partial charge in [-0.05, 0) is 0 Å². The summed E-state index contributed by atoms with van der Waals surface area (Å²) in [5.41, 5.74) is -2.99. The molecule has 7 N–H and O–H groups in total. The number of aliphatic carboxylic acids is 2. The molecule has 21 heavy (non-hydrogen) atoms. The van der Waals surface area contributed by atoms with Crippen molar-refractivity contribution in [3.05, 3.63) is 0 Å². The van der Waals surface area contributed by atoms with Gasteiger partial charge in [-0.25, -0.2) is 9.36 Å². The molecule has 0 bridgehead atoms. The SMILES string of the molecule is Cl.O.O=C(O)CC(O)(CC(=O)OP(=O)(O)O)C(=O)O.[NaH].[NaH]. The summed E-state index contributed by atoms with van der Waals surface area (Å²) in [6.45, 7) is 0. The first-order valence-corrected chi connectivity index (χ1v) is 5.45. The monoisotopic (exact) mass is 374 g/mol. The molecule has 0 aromatic carbocycles. The van der Waals surface area contributed by atoms with Gasteiger partial charge in [-0.15, -0.1) is 12.4 Å². The standard InChI is InChI=1S/C6H9O10P.ClH.2Na.H2O.2H/c7-3(8)1-6(12,5(10)11)2-4(9)16-17(13,14)15;;;;;;/h12H,1-2H2,(H,7,8)(H,10,11)(H2,13,14,15);1H;;;1H2;;. The van der Waals surface area contributed by atoms with Crippen LogP contribution in [0.15, 0.2) is 0 Å². The maximum absolute atomic E-state index is 10.8. The zero-order valence-corrected chi connectivity index (χ0v) is 10.8. The van der Waals surface area contributed by atoms with E-state index in [9.17, 15) is 24.1 Å². The number of carboxylic acids is 2. The quantitative estimate of drug-likeness (QED) is 0.230. The molecule has 0 aromatic heterocycles. The molecular formula is C6H14ClNa2O11P. The van der Waals surface area contributed by atoms with E-state index in [1.807, 2.05) is 0 Å². The number of hydrogen-bond donors (Lipinski definition) is 5. The number of phosphoric ester groups is 1. The Morgan fingerprint density at radius 3 is 1.67 bits per heavy atom. The van der Waals surface area contributed by atoms with Crippen LogP contribution in [0.5, 0.6) is 0 Å². The van der Waals surface area contributed by atoms with Crippen LogP contribution in [-0.4, -0.2) is 113 Å². The molecule has 1 unspecified atom stereocenters. The van der Waals surface area contributed by atoms with Crippen LogP contribution in [-0.2, 0) is 23.5 Å². The van der Waals surface area contributed by atoms with E-state index in [0.717, 1.165) is 0 Å². The number of rotatable bonds is 6. The van der Waals surface area contributed by atoms with Crippen molar-refractivity contribution in [2.45, 2.75) is 18.4 Å². The number of aliphatic hydroxyl groups is 1. The number of carbonyl (C=O) groups is 3. The molecule has 15 heteroatoms. The number of hydrogen-bond acceptors (Lipinski definition) is 6. The topological polar surface area (TPSA) is 210 Å². The second kappa shape index (κ2) is 13.2. The van der Waals surface area contributed by atoms with E-state index >= 15 is 0 Å². The van der Waals surface area contributed by atoms with Gasteiger partial charge < -0.3 is 25.3 Å². The van der Waals surface area contributed by atoms with E-state index in [4.69, 9.17) is 20.0 Å². The minimum atomic E-state index is -5.17. The van der Waals surface area contributed by atoms with Gasteiger partial charge in [0.15, 0.2) is 5.60 Å². The predicted octanol–water partition coefficient (Wildman–Crippen LogP) is -3.40. The van der Waals surface area contributed by atoms with Crippen LogP contribution in [0.25, 0.3) is 0 Å². The predicted molar refractivity (Wildman–Crippen MR) is 72.8 cm³/mol. The van der Waals surface area contributed by atoms with Crippen molar-refractivity contribution in [2.75, 3.05) is 0 Å². The molecule has 0 radical (unpaired) electrons. The van der Waals surface area contributed by atoms with Gasteiger partial charge in [0.05, 0.1) is 12.8 Å². The van der Waals surface area contributed by atoms with E-state index < -0.39 is 44.2 Å². The summed E-state index contributed by atoms with van der Waals surface area (Å²) in [4.78, 5) is 48.1. The molecule has 0 saturated heterocycles. The second-order valence-electron chi connectivity index (χ2n) is 3.04. The first kappa shape index (κ1) is 33.4. The van der Waals surface area contributed by atoms with Gasteiger partial charge in [0, 0.05) is 0 Å². The Morgan fingerprint density at radius 1 is 1.05 bits per heavy atom. The Morgan fingerprint density at radius 2 is 1.43 bits per heavy atom. The van der Waals surface area contributed by atoms with Gasteiger partial charge in [0.2, 0.25) is 0 Å². The van der Waals surface area contributed by atoms with Gasteiger partial charge >= 0.3 is 84.8 Å². The summed E-state index contributed by atoms with van der Waals surface area (Å²) in [5, 5.41) is 26.1. The van der Waals surface area contributed by atoms with Crippen LogP contribution in [0.2, 0.25) is 0 Å². The molecule has 0 aliphatic carbocycles. The third-order valence-corrected chi connectivity index (χ3v) is 1.94. The molecular weight excluding hydrogens is 360 g/mol. The molecule has 118 valence electrons.